The molecular formula is C11H15ClO. The Kier molecular flexibility index (Phi) is 2.99. The summed E-state index contributed by atoms with van der Waals surface area (Å²) in [5.74, 6) is 0.450. The zero-order chi connectivity index (χ0) is 10.1. The summed E-state index contributed by atoms with van der Waals surface area (Å²) in [5.41, 5.74) is 2.28. The Hall–Kier alpha value is -0.530. The van der Waals surface area contributed by atoms with Gasteiger partial charge in [0.15, 0.2) is 0 Å². The summed E-state index contributed by atoms with van der Waals surface area (Å²) < 4.78 is 0. The summed E-state index contributed by atoms with van der Waals surface area (Å²) in [4.78, 5) is 0. The predicted octanol–water partition coefficient (Wildman–Crippen LogP) is 2.96. The Morgan fingerprint density at radius 1 is 1.38 bits per heavy atom. The molecule has 72 valence electrons. The van der Waals surface area contributed by atoms with Crippen LogP contribution < -0.4 is 0 Å². The number of hydrogen-bond acceptors (Lipinski definition) is 1. The SMILES string of the molecule is Cc1cccc(C(C)(C)O)c1CCl. The normalized spacial score (nSPS) is 11.8. The smallest absolute Gasteiger partial charge is 0.0843 e. The number of aliphatic hydroxyl groups is 1. The molecule has 0 aliphatic carbocycles. The van der Waals surface area contributed by atoms with Crippen molar-refractivity contribution in [3.8, 4) is 0 Å². The Labute approximate surface area is 84.4 Å². The largest absolute Gasteiger partial charge is 0.386 e. The van der Waals surface area contributed by atoms with E-state index in [2.05, 4.69) is 0 Å². The summed E-state index contributed by atoms with van der Waals surface area (Å²) in [7, 11) is 0. The maximum atomic E-state index is 9.87. The molecule has 0 atom stereocenters. The van der Waals surface area contributed by atoms with Crippen molar-refractivity contribution in [2.45, 2.75) is 32.3 Å². The van der Waals surface area contributed by atoms with Crippen molar-refractivity contribution in [3.05, 3.63) is 34.9 Å². The van der Waals surface area contributed by atoms with Gasteiger partial charge in [0.05, 0.1) is 5.60 Å². The standard InChI is InChI=1S/C11H15ClO/c1-8-5-4-6-10(9(8)7-12)11(2,3)13/h4-6,13H,7H2,1-3H3. The molecule has 0 heterocycles. The van der Waals surface area contributed by atoms with Crippen LogP contribution in [-0.2, 0) is 11.5 Å². The van der Waals surface area contributed by atoms with E-state index >= 15 is 0 Å². The Balaban J connectivity index is 3.29. The van der Waals surface area contributed by atoms with Gasteiger partial charge in [-0.15, -0.1) is 11.6 Å². The van der Waals surface area contributed by atoms with Crippen LogP contribution in [0.5, 0.6) is 0 Å². The van der Waals surface area contributed by atoms with E-state index in [-0.39, 0.29) is 0 Å². The highest BCUT2D eigenvalue weighted by Gasteiger charge is 2.19. The van der Waals surface area contributed by atoms with E-state index in [1.807, 2.05) is 25.1 Å². The predicted molar refractivity (Wildman–Crippen MR) is 56.0 cm³/mol. The molecule has 1 nitrogen and oxygen atoms in total. The van der Waals surface area contributed by atoms with Crippen molar-refractivity contribution >= 4 is 11.6 Å². The molecule has 0 fully saturated rings. The number of rotatable bonds is 2. The molecule has 0 aliphatic rings. The minimum absolute atomic E-state index is 0.450. The zero-order valence-electron chi connectivity index (χ0n) is 8.26. The number of aryl methyl sites for hydroxylation is 1. The third kappa shape index (κ3) is 2.23. The molecule has 0 bridgehead atoms. The minimum atomic E-state index is -0.809. The third-order valence-corrected chi connectivity index (χ3v) is 2.47. The van der Waals surface area contributed by atoms with E-state index in [0.717, 1.165) is 16.7 Å². The lowest BCUT2D eigenvalue weighted by Crippen LogP contribution is -2.18. The fourth-order valence-corrected chi connectivity index (χ4v) is 1.81. The first kappa shape index (κ1) is 10.6. The minimum Gasteiger partial charge on any atom is -0.386 e. The molecule has 0 aliphatic heterocycles. The zero-order valence-corrected chi connectivity index (χ0v) is 9.02. The highest BCUT2D eigenvalue weighted by atomic mass is 35.5. The van der Waals surface area contributed by atoms with E-state index in [9.17, 15) is 5.11 Å². The summed E-state index contributed by atoms with van der Waals surface area (Å²) in [6.07, 6.45) is 0. The summed E-state index contributed by atoms with van der Waals surface area (Å²) in [6.45, 7) is 5.56. The number of hydrogen-bond donors (Lipinski definition) is 1. The average Bonchev–Trinajstić information content (AvgIpc) is 2.02. The van der Waals surface area contributed by atoms with Gasteiger partial charge in [-0.2, -0.15) is 0 Å². The first-order valence-electron chi connectivity index (χ1n) is 4.34. The van der Waals surface area contributed by atoms with Gasteiger partial charge in [-0.3, -0.25) is 0 Å². The Morgan fingerprint density at radius 3 is 2.38 bits per heavy atom. The molecule has 0 aromatic heterocycles. The van der Waals surface area contributed by atoms with Crippen molar-refractivity contribution in [1.82, 2.24) is 0 Å². The summed E-state index contributed by atoms with van der Waals surface area (Å²) in [6, 6.07) is 5.87. The van der Waals surface area contributed by atoms with Crippen LogP contribution in [0, 0.1) is 6.92 Å². The van der Waals surface area contributed by atoms with Crippen LogP contribution in [0.2, 0.25) is 0 Å². The second-order valence-corrected chi connectivity index (χ2v) is 4.06. The molecule has 1 aromatic carbocycles. The first-order valence-corrected chi connectivity index (χ1v) is 4.87. The van der Waals surface area contributed by atoms with Crippen LogP contribution in [0.15, 0.2) is 18.2 Å². The van der Waals surface area contributed by atoms with E-state index in [0.29, 0.717) is 5.88 Å². The van der Waals surface area contributed by atoms with Crippen molar-refractivity contribution in [1.29, 1.82) is 0 Å². The first-order chi connectivity index (χ1) is 5.96. The van der Waals surface area contributed by atoms with Crippen LogP contribution in [-0.4, -0.2) is 5.11 Å². The topological polar surface area (TPSA) is 20.2 Å². The van der Waals surface area contributed by atoms with Gasteiger partial charge in [-0.05, 0) is 37.5 Å². The van der Waals surface area contributed by atoms with Gasteiger partial charge in [0.1, 0.15) is 0 Å². The fraction of sp³-hybridized carbons (Fsp3) is 0.455. The van der Waals surface area contributed by atoms with E-state index in [4.69, 9.17) is 11.6 Å². The summed E-state index contributed by atoms with van der Waals surface area (Å²) >= 11 is 5.83. The maximum Gasteiger partial charge on any atom is 0.0843 e. The third-order valence-electron chi connectivity index (χ3n) is 2.20. The van der Waals surface area contributed by atoms with Crippen molar-refractivity contribution < 1.29 is 5.11 Å². The molecule has 13 heavy (non-hydrogen) atoms. The van der Waals surface area contributed by atoms with E-state index < -0.39 is 5.60 Å². The quantitative estimate of drug-likeness (QED) is 0.725. The summed E-state index contributed by atoms with van der Waals surface area (Å²) in [5, 5.41) is 9.87. The van der Waals surface area contributed by atoms with Crippen LogP contribution in [0.4, 0.5) is 0 Å². The molecule has 2 heteroatoms. The molecule has 1 aromatic rings. The van der Waals surface area contributed by atoms with Gasteiger partial charge >= 0.3 is 0 Å². The molecule has 0 spiro atoms. The molecular weight excluding hydrogens is 184 g/mol. The van der Waals surface area contributed by atoms with Gasteiger partial charge in [0.25, 0.3) is 0 Å². The van der Waals surface area contributed by atoms with Crippen LogP contribution >= 0.6 is 11.6 Å². The van der Waals surface area contributed by atoms with Gasteiger partial charge < -0.3 is 5.11 Å². The lowest BCUT2D eigenvalue weighted by molar-refractivity contribution is 0.0778. The maximum absolute atomic E-state index is 9.87. The van der Waals surface area contributed by atoms with Crippen LogP contribution in [0.3, 0.4) is 0 Å². The van der Waals surface area contributed by atoms with Gasteiger partial charge in [-0.1, -0.05) is 18.2 Å². The monoisotopic (exact) mass is 198 g/mol. The number of alkyl halides is 1. The number of halogens is 1. The molecule has 1 N–H and O–H groups in total. The van der Waals surface area contributed by atoms with Crippen molar-refractivity contribution in [2.75, 3.05) is 0 Å². The van der Waals surface area contributed by atoms with Crippen molar-refractivity contribution in [3.63, 3.8) is 0 Å². The molecule has 0 unspecified atom stereocenters. The average molecular weight is 199 g/mol. The van der Waals surface area contributed by atoms with Crippen LogP contribution in [0.1, 0.15) is 30.5 Å². The van der Waals surface area contributed by atoms with E-state index in [1.165, 1.54) is 0 Å². The van der Waals surface area contributed by atoms with E-state index in [1.54, 1.807) is 13.8 Å². The molecule has 0 saturated carbocycles. The lowest BCUT2D eigenvalue weighted by atomic mass is 9.91. The molecule has 0 saturated heterocycles. The van der Waals surface area contributed by atoms with Crippen molar-refractivity contribution in [2.24, 2.45) is 0 Å². The second-order valence-electron chi connectivity index (χ2n) is 3.79. The van der Waals surface area contributed by atoms with Gasteiger partial charge in [-0.25, -0.2) is 0 Å². The van der Waals surface area contributed by atoms with Crippen LogP contribution in [0.25, 0.3) is 0 Å². The molecule has 0 radical (unpaired) electrons. The highest BCUT2D eigenvalue weighted by molar-refractivity contribution is 6.17. The Morgan fingerprint density at radius 2 is 2.00 bits per heavy atom. The Bertz CT molecular complexity index is 299. The van der Waals surface area contributed by atoms with Gasteiger partial charge in [0, 0.05) is 5.88 Å². The molecule has 0 amide bonds. The second kappa shape index (κ2) is 3.69. The highest BCUT2D eigenvalue weighted by Crippen LogP contribution is 2.26. The number of benzene rings is 1. The van der Waals surface area contributed by atoms with Gasteiger partial charge in [0.2, 0.25) is 0 Å². The fourth-order valence-electron chi connectivity index (χ4n) is 1.45. The lowest BCUT2D eigenvalue weighted by Gasteiger charge is -2.22. The molecule has 1 rings (SSSR count).